The number of hydrogen-bond donors (Lipinski definition) is 1. The van der Waals surface area contributed by atoms with E-state index in [1.807, 2.05) is 16.7 Å². The molecule has 0 amide bonds. The first-order valence-electron chi connectivity index (χ1n) is 10.5. The van der Waals surface area contributed by atoms with E-state index in [-0.39, 0.29) is 20.4 Å². The van der Waals surface area contributed by atoms with E-state index >= 15 is 4.39 Å². The van der Waals surface area contributed by atoms with Gasteiger partial charge in [0, 0.05) is 22.6 Å². The first-order valence-corrected chi connectivity index (χ1v) is 13.6. The molecule has 0 fully saturated rings. The minimum Gasteiger partial charge on any atom is -0.495 e. The van der Waals surface area contributed by atoms with Gasteiger partial charge in [-0.25, -0.2) is 17.8 Å². The van der Waals surface area contributed by atoms with Gasteiger partial charge in [0.15, 0.2) is 15.8 Å². The van der Waals surface area contributed by atoms with Gasteiger partial charge in [-0.05, 0) is 36.7 Å². The molecule has 186 valence electrons. The molecule has 3 aromatic heterocycles. The van der Waals surface area contributed by atoms with E-state index in [1.165, 1.54) is 25.3 Å². The first kappa shape index (κ1) is 25.3. The number of hydrogen-bond acceptors (Lipinski definition) is 8. The summed E-state index contributed by atoms with van der Waals surface area (Å²) in [6.07, 6.45) is 3.49. The van der Waals surface area contributed by atoms with Crippen molar-refractivity contribution in [2.24, 2.45) is 0 Å². The van der Waals surface area contributed by atoms with Crippen molar-refractivity contribution in [1.29, 1.82) is 0 Å². The molecule has 0 bridgehead atoms. The van der Waals surface area contributed by atoms with Crippen LogP contribution in [0, 0.1) is 12.7 Å². The fourth-order valence-corrected chi connectivity index (χ4v) is 6.52. The van der Waals surface area contributed by atoms with Crippen LogP contribution in [0.5, 0.6) is 11.5 Å². The topological polar surface area (TPSA) is 94.8 Å². The van der Waals surface area contributed by atoms with Crippen LogP contribution < -0.4 is 14.2 Å². The van der Waals surface area contributed by atoms with Crippen LogP contribution in [0.2, 0.25) is 0 Å². The third-order valence-electron chi connectivity index (χ3n) is 4.87. The highest BCUT2D eigenvalue weighted by atomic mass is 32.2. The number of nitrogens with one attached hydrogen (secondary N) is 1. The lowest BCUT2D eigenvalue weighted by Crippen LogP contribution is -2.13. The second-order valence-electron chi connectivity index (χ2n) is 8.72. The zero-order valence-corrected chi connectivity index (χ0v) is 22.5. The van der Waals surface area contributed by atoms with Gasteiger partial charge < -0.3 is 9.47 Å². The Morgan fingerprint density at radius 2 is 1.89 bits per heavy atom. The van der Waals surface area contributed by atoms with E-state index in [2.05, 4.69) is 34.9 Å². The largest absolute Gasteiger partial charge is 0.495 e. The van der Waals surface area contributed by atoms with Crippen LogP contribution in [0.4, 0.5) is 10.1 Å². The number of rotatable bonds is 7. The molecule has 12 heteroatoms. The van der Waals surface area contributed by atoms with Gasteiger partial charge in [-0.15, -0.1) is 11.8 Å². The van der Waals surface area contributed by atoms with E-state index in [4.69, 9.17) is 9.47 Å². The Kier molecular flexibility index (Phi) is 6.73. The number of thioether (sulfide) groups is 1. The molecule has 8 nitrogen and oxygen atoms in total. The van der Waals surface area contributed by atoms with Gasteiger partial charge >= 0.3 is 0 Å². The number of benzene rings is 1. The number of aromatic nitrogens is 3. The average molecular weight is 537 g/mol. The van der Waals surface area contributed by atoms with Crippen molar-refractivity contribution < 1.29 is 22.3 Å². The standard InChI is InChI=1S/C23H25FN4O4S3/c1-13-7-21(34-26-13)35(29,30)27-16-9-14(8-15(24)22(16)32-6)17-11-25-20-10-18(31-5)19(12-28(17)20)33-23(2,3)4/h7-12,27H,1-6H3. The van der Waals surface area contributed by atoms with Crippen LogP contribution in [0.15, 0.2) is 45.8 Å². The Balaban J connectivity index is 1.84. The van der Waals surface area contributed by atoms with Crippen LogP contribution in [-0.4, -0.2) is 41.1 Å². The lowest BCUT2D eigenvalue weighted by molar-refractivity contribution is 0.389. The van der Waals surface area contributed by atoms with Crippen molar-refractivity contribution in [3.8, 4) is 22.8 Å². The van der Waals surface area contributed by atoms with Crippen molar-refractivity contribution >= 4 is 44.7 Å². The zero-order chi connectivity index (χ0) is 25.5. The van der Waals surface area contributed by atoms with Crippen LogP contribution in [0.25, 0.3) is 16.9 Å². The predicted molar refractivity (Wildman–Crippen MR) is 137 cm³/mol. The summed E-state index contributed by atoms with van der Waals surface area (Å²) in [7, 11) is -1.11. The maximum absolute atomic E-state index is 15.1. The van der Waals surface area contributed by atoms with E-state index in [0.717, 1.165) is 16.4 Å². The number of aryl methyl sites for hydroxylation is 1. The minimum absolute atomic E-state index is 0.0219. The summed E-state index contributed by atoms with van der Waals surface area (Å²) < 4.78 is 59.8. The summed E-state index contributed by atoms with van der Waals surface area (Å²) in [5.74, 6) is -0.238. The molecule has 0 aliphatic heterocycles. The molecule has 0 unspecified atom stereocenters. The highest BCUT2D eigenvalue weighted by Crippen LogP contribution is 2.40. The molecule has 4 rings (SSSR count). The molecule has 0 aliphatic rings. The van der Waals surface area contributed by atoms with Gasteiger partial charge in [-0.1, -0.05) is 20.8 Å². The Morgan fingerprint density at radius 3 is 2.49 bits per heavy atom. The third-order valence-corrected chi connectivity index (χ3v) is 8.70. The molecule has 1 N–H and O–H groups in total. The molecule has 0 radical (unpaired) electrons. The van der Waals surface area contributed by atoms with Gasteiger partial charge in [0.1, 0.15) is 11.4 Å². The second kappa shape index (κ2) is 9.32. The molecule has 0 aliphatic carbocycles. The molecule has 0 saturated carbocycles. The number of anilines is 1. The molecular weight excluding hydrogens is 511 g/mol. The van der Waals surface area contributed by atoms with Crippen molar-refractivity contribution in [2.75, 3.05) is 18.9 Å². The summed E-state index contributed by atoms with van der Waals surface area (Å²) in [5, 5.41) is 0. The lowest BCUT2D eigenvalue weighted by Gasteiger charge is -2.20. The molecule has 35 heavy (non-hydrogen) atoms. The van der Waals surface area contributed by atoms with E-state index in [0.29, 0.717) is 28.3 Å². The smallest absolute Gasteiger partial charge is 0.273 e. The van der Waals surface area contributed by atoms with Gasteiger partial charge in [-0.3, -0.25) is 9.12 Å². The van der Waals surface area contributed by atoms with Gasteiger partial charge in [0.2, 0.25) is 0 Å². The minimum atomic E-state index is -3.99. The zero-order valence-electron chi connectivity index (χ0n) is 20.0. The molecule has 3 heterocycles. The predicted octanol–water partition coefficient (Wildman–Crippen LogP) is 5.61. The fraction of sp³-hybridized carbons (Fsp3) is 0.304. The normalized spacial score (nSPS) is 12.2. The summed E-state index contributed by atoms with van der Waals surface area (Å²) in [4.78, 5) is 5.33. The van der Waals surface area contributed by atoms with Crippen molar-refractivity contribution in [1.82, 2.24) is 13.8 Å². The summed E-state index contributed by atoms with van der Waals surface area (Å²) in [6.45, 7) is 7.98. The number of sulfonamides is 1. The van der Waals surface area contributed by atoms with Crippen LogP contribution in [0.1, 0.15) is 26.5 Å². The monoisotopic (exact) mass is 536 g/mol. The summed E-state index contributed by atoms with van der Waals surface area (Å²) in [6, 6.07) is 6.08. The highest BCUT2D eigenvalue weighted by molar-refractivity contribution is 8.00. The third kappa shape index (κ3) is 5.24. The average Bonchev–Trinajstić information content (AvgIpc) is 3.38. The Hall–Kier alpha value is -2.83. The Bertz CT molecular complexity index is 1510. The van der Waals surface area contributed by atoms with Crippen LogP contribution in [0.3, 0.4) is 0 Å². The number of pyridine rings is 1. The number of methoxy groups -OCH3 is 2. The van der Waals surface area contributed by atoms with E-state index in [9.17, 15) is 8.42 Å². The highest BCUT2D eigenvalue weighted by Gasteiger charge is 2.23. The van der Waals surface area contributed by atoms with Crippen molar-refractivity contribution in [3.05, 3.63) is 48.2 Å². The summed E-state index contributed by atoms with van der Waals surface area (Å²) >= 11 is 2.47. The molecular formula is C23H25FN4O4S3. The SMILES string of the molecule is COc1cc2ncc(-c3cc(F)c(OC)c(NS(=O)(=O)c4cc(C)ns4)c3)n2cc1SC(C)(C)C. The van der Waals surface area contributed by atoms with Crippen molar-refractivity contribution in [3.63, 3.8) is 0 Å². The van der Waals surface area contributed by atoms with E-state index < -0.39 is 15.8 Å². The first-order chi connectivity index (χ1) is 16.4. The molecule has 4 aromatic rings. The molecule has 0 spiro atoms. The second-order valence-corrected chi connectivity index (χ2v) is 13.3. The fourth-order valence-electron chi connectivity index (χ4n) is 3.45. The Labute approximate surface area is 211 Å². The molecule has 0 atom stereocenters. The van der Waals surface area contributed by atoms with Crippen LogP contribution >= 0.6 is 23.3 Å². The number of ether oxygens (including phenoxy) is 2. The van der Waals surface area contributed by atoms with E-state index in [1.54, 1.807) is 32.0 Å². The maximum Gasteiger partial charge on any atom is 0.273 e. The summed E-state index contributed by atoms with van der Waals surface area (Å²) in [5.41, 5.74) is 2.15. The molecule has 0 saturated heterocycles. The van der Waals surface area contributed by atoms with Gasteiger partial charge in [-0.2, -0.15) is 4.37 Å². The number of halogens is 1. The quantitative estimate of drug-likeness (QED) is 0.307. The van der Waals surface area contributed by atoms with Gasteiger partial charge in [0.25, 0.3) is 10.0 Å². The maximum atomic E-state index is 15.1. The number of fused-ring (bicyclic) bond motifs is 1. The lowest BCUT2D eigenvalue weighted by atomic mass is 10.1. The molecule has 1 aromatic carbocycles. The Morgan fingerprint density at radius 1 is 1.14 bits per heavy atom. The van der Waals surface area contributed by atoms with Crippen LogP contribution in [-0.2, 0) is 10.0 Å². The van der Waals surface area contributed by atoms with Crippen molar-refractivity contribution in [2.45, 2.75) is 41.5 Å². The number of imidazole rings is 1. The van der Waals surface area contributed by atoms with Gasteiger partial charge in [0.05, 0.1) is 42.4 Å². The number of nitrogens with zero attached hydrogens (tertiary/aromatic N) is 3.